The predicted octanol–water partition coefficient (Wildman–Crippen LogP) is 6.80. The van der Waals surface area contributed by atoms with Gasteiger partial charge in [-0.25, -0.2) is 9.59 Å². The van der Waals surface area contributed by atoms with Crippen LogP contribution < -0.4 is 0 Å². The van der Waals surface area contributed by atoms with Gasteiger partial charge < -0.3 is 18.9 Å². The number of unbranched alkanes of at least 4 members (excludes halogenated alkanes) is 7. The van der Waals surface area contributed by atoms with E-state index in [9.17, 15) is 9.59 Å². The molecule has 1 aromatic carbocycles. The number of hydrogen-bond acceptors (Lipinski definition) is 6. The number of ether oxygens (including phenoxy) is 4. The molecule has 2 unspecified atom stereocenters. The fourth-order valence-electron chi connectivity index (χ4n) is 2.83. The van der Waals surface area contributed by atoms with Crippen molar-refractivity contribution in [3.63, 3.8) is 0 Å². The number of alkyl halides is 2. The monoisotopic (exact) mass is 562 g/mol. The summed E-state index contributed by atoms with van der Waals surface area (Å²) in [4.78, 5) is 24.9. The van der Waals surface area contributed by atoms with Gasteiger partial charge in [-0.15, -0.1) is 0 Å². The molecule has 0 aliphatic heterocycles. The van der Waals surface area contributed by atoms with E-state index in [0.29, 0.717) is 5.56 Å². The second kappa shape index (κ2) is 16.4. The number of carbonyl (C=O) groups is 2. The molecule has 2 atom stereocenters. The van der Waals surface area contributed by atoms with E-state index in [1.54, 1.807) is 12.1 Å². The summed E-state index contributed by atoms with van der Waals surface area (Å²) in [7, 11) is 2.81. The predicted molar refractivity (Wildman–Crippen MR) is 128 cm³/mol. The van der Waals surface area contributed by atoms with Crippen LogP contribution in [0, 0.1) is 0 Å². The number of halogens is 2. The number of carbonyl (C=O) groups excluding carboxylic acids is 2. The second-order valence-corrected chi connectivity index (χ2v) is 8.44. The highest BCUT2D eigenvalue weighted by molar-refractivity contribution is 9.09. The van der Waals surface area contributed by atoms with Gasteiger partial charge in [0.15, 0.2) is 0 Å². The lowest BCUT2D eigenvalue weighted by molar-refractivity contribution is -0.0303. The Labute approximate surface area is 201 Å². The molecule has 174 valence electrons. The highest BCUT2D eigenvalue weighted by Gasteiger charge is 2.20. The number of esters is 2. The number of methoxy groups -OCH3 is 2. The third-order valence-electron chi connectivity index (χ3n) is 4.55. The molecule has 1 rings (SSSR count). The van der Waals surface area contributed by atoms with Crippen LogP contribution in [0.15, 0.2) is 24.3 Å². The molecule has 0 amide bonds. The molecule has 0 bridgehead atoms. The first kappa shape index (κ1) is 27.8. The van der Waals surface area contributed by atoms with Crippen molar-refractivity contribution in [3.8, 4) is 0 Å². The summed E-state index contributed by atoms with van der Waals surface area (Å²) in [6.07, 6.45) is 13.5. The van der Waals surface area contributed by atoms with Crippen LogP contribution >= 0.6 is 31.9 Å². The van der Waals surface area contributed by atoms with E-state index in [0.717, 1.165) is 12.8 Å². The smallest absolute Gasteiger partial charge is 0.341 e. The van der Waals surface area contributed by atoms with Gasteiger partial charge in [-0.3, -0.25) is 0 Å². The first-order valence-electron chi connectivity index (χ1n) is 10.5. The molecule has 8 heteroatoms. The van der Waals surface area contributed by atoms with Crippen molar-refractivity contribution in [3.05, 3.63) is 41.0 Å². The van der Waals surface area contributed by atoms with E-state index in [4.69, 9.17) is 18.9 Å². The standard InChI is InChI=1S/C23H32Br2O6/c1-4-5-6-7-8-9-10-11-12-13-17-14-15-18(20(26)30-22(24)28-2)16-19(17)21(27)31-23(25)29-3/h12-16,22-23H,4-11H2,1-3H3/b13-12+. The zero-order valence-corrected chi connectivity index (χ0v) is 21.6. The topological polar surface area (TPSA) is 71.1 Å². The molecule has 1 aromatic rings. The van der Waals surface area contributed by atoms with Gasteiger partial charge in [0, 0.05) is 14.2 Å². The Kier molecular flexibility index (Phi) is 14.7. The minimum atomic E-state index is -0.888. The third kappa shape index (κ3) is 11.3. The van der Waals surface area contributed by atoms with Crippen molar-refractivity contribution in [1.82, 2.24) is 0 Å². The van der Waals surface area contributed by atoms with Gasteiger partial charge in [0.1, 0.15) is 0 Å². The van der Waals surface area contributed by atoms with Crippen LogP contribution in [0.25, 0.3) is 6.08 Å². The molecule has 0 radical (unpaired) electrons. The minimum Gasteiger partial charge on any atom is -0.422 e. The largest absolute Gasteiger partial charge is 0.422 e. The summed E-state index contributed by atoms with van der Waals surface area (Å²) < 4.78 is 20.1. The van der Waals surface area contributed by atoms with E-state index in [-0.39, 0.29) is 11.1 Å². The molecule has 0 aromatic heterocycles. The van der Waals surface area contributed by atoms with E-state index in [1.807, 2.05) is 12.2 Å². The van der Waals surface area contributed by atoms with Gasteiger partial charge in [-0.05, 0) is 62.4 Å². The van der Waals surface area contributed by atoms with Crippen LogP contribution in [0.1, 0.15) is 84.6 Å². The average Bonchev–Trinajstić information content (AvgIpc) is 2.77. The van der Waals surface area contributed by atoms with Crippen LogP contribution in [0.2, 0.25) is 0 Å². The summed E-state index contributed by atoms with van der Waals surface area (Å²) >= 11 is 6.15. The molecule has 0 saturated heterocycles. The molecule has 0 aliphatic rings. The third-order valence-corrected chi connectivity index (χ3v) is 5.67. The lowest BCUT2D eigenvalue weighted by Gasteiger charge is -2.13. The van der Waals surface area contributed by atoms with Crippen molar-refractivity contribution in [2.45, 2.75) is 68.7 Å². The lowest BCUT2D eigenvalue weighted by atomic mass is 10.0. The Bertz CT molecular complexity index is 707. The summed E-state index contributed by atoms with van der Waals surface area (Å²) in [6.45, 7) is 2.22. The van der Waals surface area contributed by atoms with Crippen LogP contribution in [0.3, 0.4) is 0 Å². The van der Waals surface area contributed by atoms with Crippen molar-refractivity contribution < 1.29 is 28.5 Å². The minimum absolute atomic E-state index is 0.209. The van der Waals surface area contributed by atoms with Gasteiger partial charge in [0.05, 0.1) is 11.1 Å². The molecular weight excluding hydrogens is 532 g/mol. The fourth-order valence-corrected chi connectivity index (χ4v) is 3.17. The molecule has 0 aliphatic carbocycles. The summed E-state index contributed by atoms with van der Waals surface area (Å²) in [5.74, 6) is -1.24. The molecule has 0 fully saturated rings. The Hall–Kier alpha value is -1.22. The maximum atomic E-state index is 12.6. The average molecular weight is 564 g/mol. The summed E-state index contributed by atoms with van der Waals surface area (Å²) in [5, 5.41) is -1.77. The Morgan fingerprint density at radius 2 is 1.48 bits per heavy atom. The van der Waals surface area contributed by atoms with Crippen molar-refractivity contribution >= 4 is 49.9 Å². The van der Waals surface area contributed by atoms with Gasteiger partial charge >= 0.3 is 11.9 Å². The van der Waals surface area contributed by atoms with Gasteiger partial charge in [0.2, 0.25) is 0 Å². The van der Waals surface area contributed by atoms with E-state index in [2.05, 4.69) is 38.8 Å². The van der Waals surface area contributed by atoms with Crippen molar-refractivity contribution in [2.24, 2.45) is 0 Å². The van der Waals surface area contributed by atoms with E-state index in [1.165, 1.54) is 58.8 Å². The maximum Gasteiger partial charge on any atom is 0.341 e. The Balaban J connectivity index is 2.82. The van der Waals surface area contributed by atoms with Gasteiger partial charge in [0.25, 0.3) is 10.4 Å². The molecule has 6 nitrogen and oxygen atoms in total. The Morgan fingerprint density at radius 1 is 0.903 bits per heavy atom. The van der Waals surface area contributed by atoms with Crippen molar-refractivity contribution in [2.75, 3.05) is 14.2 Å². The maximum absolute atomic E-state index is 12.6. The van der Waals surface area contributed by atoms with Crippen LogP contribution in [-0.2, 0) is 18.9 Å². The van der Waals surface area contributed by atoms with Gasteiger partial charge in [-0.1, -0.05) is 63.7 Å². The molecule has 0 spiro atoms. The summed E-state index contributed by atoms with van der Waals surface area (Å²) in [6, 6.07) is 4.74. The molecular formula is C23H32Br2O6. The first-order chi connectivity index (χ1) is 14.9. The number of hydrogen-bond donors (Lipinski definition) is 0. The highest BCUT2D eigenvalue weighted by Crippen LogP contribution is 2.20. The molecule has 0 N–H and O–H groups in total. The lowest BCUT2D eigenvalue weighted by Crippen LogP contribution is -2.17. The quantitative estimate of drug-likeness (QED) is 0.101. The number of benzene rings is 1. The van der Waals surface area contributed by atoms with E-state index >= 15 is 0 Å². The zero-order chi connectivity index (χ0) is 23.1. The molecule has 31 heavy (non-hydrogen) atoms. The first-order valence-corrected chi connectivity index (χ1v) is 12.3. The number of allylic oxidation sites excluding steroid dienone is 1. The van der Waals surface area contributed by atoms with Crippen LogP contribution in [0.4, 0.5) is 0 Å². The highest BCUT2D eigenvalue weighted by atomic mass is 79.9. The van der Waals surface area contributed by atoms with E-state index < -0.39 is 22.3 Å². The second-order valence-electron chi connectivity index (χ2n) is 6.95. The SMILES string of the molecule is CCCCCCCCC/C=C/c1ccc(C(=O)OC(Br)OC)cc1C(=O)OC(Br)OC. The zero-order valence-electron chi connectivity index (χ0n) is 18.4. The fraction of sp³-hybridized carbons (Fsp3) is 0.565. The van der Waals surface area contributed by atoms with Gasteiger partial charge in [-0.2, -0.15) is 0 Å². The van der Waals surface area contributed by atoms with Crippen molar-refractivity contribution in [1.29, 1.82) is 0 Å². The van der Waals surface area contributed by atoms with Crippen LogP contribution in [0.5, 0.6) is 0 Å². The Morgan fingerprint density at radius 3 is 2.10 bits per heavy atom. The summed E-state index contributed by atoms with van der Waals surface area (Å²) in [5.41, 5.74) is 1.11. The van der Waals surface area contributed by atoms with Crippen LogP contribution in [-0.4, -0.2) is 36.6 Å². The molecule has 0 heterocycles. The molecule has 0 saturated carbocycles. The number of rotatable bonds is 15. The normalized spacial score (nSPS) is 13.2.